The smallest absolute Gasteiger partial charge is 0.257 e. The third kappa shape index (κ3) is 4.85. The maximum atomic E-state index is 13.2. The molecule has 168 valence electrons. The summed E-state index contributed by atoms with van der Waals surface area (Å²) in [4.78, 5) is 39.7. The van der Waals surface area contributed by atoms with Gasteiger partial charge in [-0.3, -0.25) is 14.4 Å². The van der Waals surface area contributed by atoms with Gasteiger partial charge in [0.15, 0.2) is 0 Å². The maximum Gasteiger partial charge on any atom is 0.257 e. The highest BCUT2D eigenvalue weighted by atomic mass is 19.1. The van der Waals surface area contributed by atoms with Crippen LogP contribution in [-0.4, -0.2) is 31.4 Å². The number of amides is 3. The van der Waals surface area contributed by atoms with Gasteiger partial charge in [-0.15, -0.1) is 0 Å². The molecule has 4 rings (SSSR count). The fourth-order valence-electron chi connectivity index (χ4n) is 3.72. The Hall–Kier alpha value is -4.20. The Morgan fingerprint density at radius 1 is 0.939 bits per heavy atom. The van der Waals surface area contributed by atoms with E-state index in [2.05, 4.69) is 10.6 Å². The normalized spacial score (nSPS) is 15.3. The maximum absolute atomic E-state index is 13.2. The fourth-order valence-corrected chi connectivity index (χ4v) is 3.72. The SMILES string of the molecule is COc1ccccc1NC(=O)c1ccccc1NC(=O)[C@@H]1CC(=O)N(c2ccc(F)cc2)C1. The van der Waals surface area contributed by atoms with Gasteiger partial charge in [0, 0.05) is 18.7 Å². The van der Waals surface area contributed by atoms with Crippen molar-refractivity contribution in [1.82, 2.24) is 0 Å². The summed E-state index contributed by atoms with van der Waals surface area (Å²) >= 11 is 0. The van der Waals surface area contributed by atoms with E-state index in [1.54, 1.807) is 48.5 Å². The Morgan fingerprint density at radius 2 is 1.61 bits per heavy atom. The highest BCUT2D eigenvalue weighted by molar-refractivity contribution is 6.11. The van der Waals surface area contributed by atoms with Crippen molar-refractivity contribution in [3.05, 3.63) is 84.2 Å². The number of carbonyl (C=O) groups excluding carboxylic acids is 3. The number of nitrogens with one attached hydrogen (secondary N) is 2. The highest BCUT2D eigenvalue weighted by Gasteiger charge is 2.35. The first-order valence-corrected chi connectivity index (χ1v) is 10.4. The second-order valence-electron chi connectivity index (χ2n) is 7.57. The Balaban J connectivity index is 1.47. The summed E-state index contributed by atoms with van der Waals surface area (Å²) in [5.41, 5.74) is 1.65. The molecule has 0 aromatic heterocycles. The van der Waals surface area contributed by atoms with Crippen molar-refractivity contribution in [3.63, 3.8) is 0 Å². The summed E-state index contributed by atoms with van der Waals surface area (Å²) in [7, 11) is 1.51. The van der Waals surface area contributed by atoms with Gasteiger partial charge < -0.3 is 20.3 Å². The lowest BCUT2D eigenvalue weighted by molar-refractivity contribution is -0.122. The van der Waals surface area contributed by atoms with Gasteiger partial charge in [0.25, 0.3) is 5.91 Å². The molecule has 1 aliphatic rings. The predicted octanol–water partition coefficient (Wildman–Crippen LogP) is 4.08. The number of halogens is 1. The van der Waals surface area contributed by atoms with Crippen molar-refractivity contribution in [2.45, 2.75) is 6.42 Å². The Morgan fingerprint density at radius 3 is 2.33 bits per heavy atom. The zero-order valence-electron chi connectivity index (χ0n) is 17.9. The highest BCUT2D eigenvalue weighted by Crippen LogP contribution is 2.28. The van der Waals surface area contributed by atoms with Gasteiger partial charge in [-0.1, -0.05) is 24.3 Å². The Labute approximate surface area is 190 Å². The van der Waals surface area contributed by atoms with Crippen molar-refractivity contribution < 1.29 is 23.5 Å². The zero-order valence-corrected chi connectivity index (χ0v) is 17.9. The molecular weight excluding hydrogens is 425 g/mol. The van der Waals surface area contributed by atoms with Gasteiger partial charge in [0.2, 0.25) is 11.8 Å². The first kappa shape index (κ1) is 22.0. The Kier molecular flexibility index (Phi) is 6.35. The van der Waals surface area contributed by atoms with E-state index >= 15 is 0 Å². The number of ether oxygens (including phenoxy) is 1. The molecule has 0 aliphatic carbocycles. The van der Waals surface area contributed by atoms with Crippen molar-refractivity contribution >= 4 is 34.8 Å². The van der Waals surface area contributed by atoms with Crippen molar-refractivity contribution in [2.75, 3.05) is 29.2 Å². The van der Waals surface area contributed by atoms with Crippen LogP contribution >= 0.6 is 0 Å². The zero-order chi connectivity index (χ0) is 23.4. The van der Waals surface area contributed by atoms with Gasteiger partial charge in [0.05, 0.1) is 30.0 Å². The van der Waals surface area contributed by atoms with Crippen LogP contribution in [0.15, 0.2) is 72.8 Å². The molecule has 1 fully saturated rings. The molecule has 1 saturated heterocycles. The molecule has 3 amide bonds. The molecule has 0 unspecified atom stereocenters. The van der Waals surface area contributed by atoms with Crippen LogP contribution in [0.2, 0.25) is 0 Å². The summed E-state index contributed by atoms with van der Waals surface area (Å²) in [6, 6.07) is 19.2. The van der Waals surface area contributed by atoms with Gasteiger partial charge in [0.1, 0.15) is 11.6 Å². The molecule has 7 nitrogen and oxygen atoms in total. The van der Waals surface area contributed by atoms with E-state index in [1.807, 2.05) is 0 Å². The molecule has 3 aromatic rings. The summed E-state index contributed by atoms with van der Waals surface area (Å²) in [5, 5.41) is 5.57. The quantitative estimate of drug-likeness (QED) is 0.596. The van der Waals surface area contributed by atoms with E-state index < -0.39 is 17.6 Å². The second kappa shape index (κ2) is 9.52. The van der Waals surface area contributed by atoms with Crippen LogP contribution in [-0.2, 0) is 9.59 Å². The number of hydrogen-bond acceptors (Lipinski definition) is 4. The summed E-state index contributed by atoms with van der Waals surface area (Å²) < 4.78 is 18.5. The van der Waals surface area contributed by atoms with E-state index in [4.69, 9.17) is 4.74 Å². The largest absolute Gasteiger partial charge is 0.495 e. The average molecular weight is 447 g/mol. The van der Waals surface area contributed by atoms with Crippen LogP contribution in [0.1, 0.15) is 16.8 Å². The van der Waals surface area contributed by atoms with E-state index in [-0.39, 0.29) is 30.3 Å². The lowest BCUT2D eigenvalue weighted by Gasteiger charge is -2.17. The minimum Gasteiger partial charge on any atom is -0.495 e. The van der Waals surface area contributed by atoms with Crippen LogP contribution in [0.5, 0.6) is 5.75 Å². The summed E-state index contributed by atoms with van der Waals surface area (Å²) in [6.07, 6.45) is 0.0266. The molecular formula is C25H22FN3O4. The predicted molar refractivity (Wildman–Crippen MR) is 123 cm³/mol. The van der Waals surface area contributed by atoms with Crippen LogP contribution in [0.25, 0.3) is 0 Å². The van der Waals surface area contributed by atoms with E-state index in [0.29, 0.717) is 22.8 Å². The lowest BCUT2D eigenvalue weighted by atomic mass is 10.1. The van der Waals surface area contributed by atoms with Crippen LogP contribution in [0, 0.1) is 11.7 Å². The van der Waals surface area contributed by atoms with Crippen molar-refractivity contribution in [2.24, 2.45) is 5.92 Å². The minimum atomic E-state index is -0.604. The average Bonchev–Trinajstić information content (AvgIpc) is 3.22. The molecule has 0 radical (unpaired) electrons. The van der Waals surface area contributed by atoms with E-state index in [9.17, 15) is 18.8 Å². The number of rotatable bonds is 6. The third-order valence-corrected chi connectivity index (χ3v) is 5.42. The number of benzene rings is 3. The van der Waals surface area contributed by atoms with E-state index in [1.165, 1.54) is 36.3 Å². The molecule has 3 aromatic carbocycles. The second-order valence-corrected chi connectivity index (χ2v) is 7.57. The summed E-state index contributed by atoms with van der Waals surface area (Å²) in [5.74, 6) is -1.49. The lowest BCUT2D eigenvalue weighted by Crippen LogP contribution is -2.28. The van der Waals surface area contributed by atoms with Crippen molar-refractivity contribution in [3.8, 4) is 5.75 Å². The number of carbonyl (C=O) groups is 3. The number of para-hydroxylation sites is 3. The standard InChI is InChI=1S/C25H22FN3O4/c1-33-22-9-5-4-8-21(22)28-25(32)19-6-2-3-7-20(19)27-24(31)16-14-23(30)29(15-16)18-12-10-17(26)11-13-18/h2-13,16H,14-15H2,1H3,(H,27,31)(H,28,32)/t16-/m1/s1. The van der Waals surface area contributed by atoms with Crippen LogP contribution in [0.4, 0.5) is 21.5 Å². The molecule has 2 N–H and O–H groups in total. The van der Waals surface area contributed by atoms with Crippen LogP contribution in [0.3, 0.4) is 0 Å². The molecule has 1 atom stereocenters. The summed E-state index contributed by atoms with van der Waals surface area (Å²) in [6.45, 7) is 0.172. The fraction of sp³-hybridized carbons (Fsp3) is 0.160. The van der Waals surface area contributed by atoms with Gasteiger partial charge in [-0.2, -0.15) is 0 Å². The third-order valence-electron chi connectivity index (χ3n) is 5.42. The molecule has 1 heterocycles. The Bertz CT molecular complexity index is 1200. The first-order chi connectivity index (χ1) is 16.0. The molecule has 0 saturated carbocycles. The van der Waals surface area contributed by atoms with E-state index in [0.717, 1.165) is 0 Å². The number of anilines is 3. The molecule has 8 heteroatoms. The monoisotopic (exact) mass is 447 g/mol. The van der Waals surface area contributed by atoms with Gasteiger partial charge >= 0.3 is 0 Å². The molecule has 0 bridgehead atoms. The van der Waals surface area contributed by atoms with Gasteiger partial charge in [-0.05, 0) is 48.5 Å². The van der Waals surface area contributed by atoms with Crippen molar-refractivity contribution in [1.29, 1.82) is 0 Å². The molecule has 33 heavy (non-hydrogen) atoms. The van der Waals surface area contributed by atoms with Crippen LogP contribution < -0.4 is 20.3 Å². The molecule has 0 spiro atoms. The number of methoxy groups -OCH3 is 1. The number of nitrogens with zero attached hydrogens (tertiary/aromatic N) is 1. The number of hydrogen-bond donors (Lipinski definition) is 2. The molecule has 1 aliphatic heterocycles. The minimum absolute atomic E-state index is 0.0266. The topological polar surface area (TPSA) is 87.7 Å². The first-order valence-electron chi connectivity index (χ1n) is 10.4. The van der Waals surface area contributed by atoms with Gasteiger partial charge in [-0.25, -0.2) is 4.39 Å².